The zero-order valence-electron chi connectivity index (χ0n) is 28.0. The summed E-state index contributed by atoms with van der Waals surface area (Å²) >= 11 is 0. The minimum Gasteiger partial charge on any atom is -1.00 e. The van der Waals surface area contributed by atoms with Gasteiger partial charge in [-0.2, -0.15) is 0 Å². The van der Waals surface area contributed by atoms with Crippen LogP contribution in [0.1, 0.15) is 57.6 Å². The lowest BCUT2D eigenvalue weighted by Crippen LogP contribution is -3.00. The van der Waals surface area contributed by atoms with Crippen molar-refractivity contribution in [2.24, 2.45) is 5.92 Å². The number of phenolic OH excluding ortho intramolecular Hbond substituents is 1. The van der Waals surface area contributed by atoms with Gasteiger partial charge in [0.15, 0.2) is 0 Å². The lowest BCUT2D eigenvalue weighted by molar-refractivity contribution is -0.950. The largest absolute Gasteiger partial charge is 1.00 e. The molecule has 6 nitrogen and oxygen atoms in total. The molecule has 2 fully saturated rings. The lowest BCUT2D eigenvalue weighted by Gasteiger charge is -2.65. The lowest BCUT2D eigenvalue weighted by atomic mass is 9.48. The van der Waals surface area contributed by atoms with E-state index in [1.807, 2.05) is 18.2 Å². The summed E-state index contributed by atoms with van der Waals surface area (Å²) in [6, 6.07) is 31.1. The summed E-state index contributed by atoms with van der Waals surface area (Å²) in [7, 11) is 2.36. The highest BCUT2D eigenvalue weighted by atomic mass is 35.5. The molecule has 252 valence electrons. The maximum Gasteiger partial charge on any atom is 0.255 e. The van der Waals surface area contributed by atoms with Crippen molar-refractivity contribution in [3.63, 3.8) is 0 Å². The quantitative estimate of drug-likeness (QED) is 0.200. The van der Waals surface area contributed by atoms with Crippen molar-refractivity contribution in [3.05, 3.63) is 125 Å². The van der Waals surface area contributed by atoms with Crippen LogP contribution in [0.3, 0.4) is 0 Å². The van der Waals surface area contributed by atoms with Crippen LogP contribution in [0.25, 0.3) is 22.0 Å². The summed E-state index contributed by atoms with van der Waals surface area (Å²) in [5, 5.41) is 29.6. The number of carbonyl (C=O) groups excluding carboxylic acids is 1. The van der Waals surface area contributed by atoms with Gasteiger partial charge >= 0.3 is 0 Å². The van der Waals surface area contributed by atoms with Crippen LogP contribution < -0.4 is 17.7 Å². The molecular weight excluding hydrogens is 630 g/mol. The number of phenols is 1. The Hall–Kier alpha value is -4.10. The Morgan fingerprint density at radius 3 is 2.45 bits per heavy atom. The molecule has 3 aliphatic carbocycles. The molecule has 0 radical (unpaired) electrons. The number of fused-ring (bicyclic) bond motifs is 4. The summed E-state index contributed by atoms with van der Waals surface area (Å²) in [6.45, 7) is 2.52. The number of aromatic hydroxyl groups is 1. The number of rotatable bonds is 7. The molecule has 1 aliphatic heterocycles. The molecule has 1 saturated heterocycles. The number of aromatic amines is 1. The number of piperidine rings is 1. The van der Waals surface area contributed by atoms with E-state index < -0.39 is 11.0 Å². The number of carbonyl (C=O) groups is 1. The van der Waals surface area contributed by atoms with Gasteiger partial charge in [0.05, 0.1) is 25.7 Å². The van der Waals surface area contributed by atoms with Crippen molar-refractivity contribution in [3.8, 4) is 16.9 Å². The predicted octanol–water partition coefficient (Wildman–Crippen LogP) is 3.47. The van der Waals surface area contributed by atoms with Gasteiger partial charge in [-0.25, -0.2) is 0 Å². The van der Waals surface area contributed by atoms with Gasteiger partial charge in [-0.1, -0.05) is 78.9 Å². The summed E-state index contributed by atoms with van der Waals surface area (Å²) < 4.78 is 0.870. The Morgan fingerprint density at radius 1 is 0.939 bits per heavy atom. The SMILES string of the molecule is C[N@@+]1(CC2CC2)CCC23Cc4[nH]c5ccccc5c4C[C@@]2(O)C1Cc1ccc(C(=O)NCCc2ccc(-c4ccccc4)cc2)c(O)c13.[Cl-]. The fraction of sp³-hybridized carbons (Fsp3) is 0.357. The number of aromatic nitrogens is 1. The second-order valence-electron chi connectivity index (χ2n) is 15.4. The Morgan fingerprint density at radius 2 is 1.67 bits per heavy atom. The van der Waals surface area contributed by atoms with Crippen LogP contribution in [0.5, 0.6) is 5.75 Å². The minimum absolute atomic E-state index is 0. The minimum atomic E-state index is -1.04. The van der Waals surface area contributed by atoms with Gasteiger partial charge < -0.3 is 37.4 Å². The molecule has 1 saturated carbocycles. The predicted molar refractivity (Wildman–Crippen MR) is 189 cm³/mol. The summed E-state index contributed by atoms with van der Waals surface area (Å²) in [4.78, 5) is 17.4. The first-order valence-corrected chi connectivity index (χ1v) is 17.7. The number of H-pyrrole nitrogens is 1. The molecule has 4 aliphatic rings. The molecule has 0 spiro atoms. The third kappa shape index (κ3) is 5.02. The van der Waals surface area contributed by atoms with Crippen LogP contribution in [0.2, 0.25) is 0 Å². The van der Waals surface area contributed by atoms with E-state index in [9.17, 15) is 15.0 Å². The molecular formula is C42H44ClN3O3. The van der Waals surface area contributed by atoms with Crippen LogP contribution in [-0.2, 0) is 31.1 Å². The summed E-state index contributed by atoms with van der Waals surface area (Å²) in [5.74, 6) is 0.512. The molecule has 4 N–H and O–H groups in total. The summed E-state index contributed by atoms with van der Waals surface area (Å²) in [6.07, 6.45) is 5.90. The number of quaternary nitrogens is 1. The van der Waals surface area contributed by atoms with Crippen LogP contribution in [-0.4, -0.2) is 63.9 Å². The molecule has 4 aromatic carbocycles. The third-order valence-electron chi connectivity index (χ3n) is 12.5. The maximum absolute atomic E-state index is 13.7. The highest BCUT2D eigenvalue weighted by molar-refractivity contribution is 5.97. The fourth-order valence-corrected chi connectivity index (χ4v) is 9.93. The Labute approximate surface area is 294 Å². The first kappa shape index (κ1) is 32.1. The fourth-order valence-electron chi connectivity index (χ4n) is 9.93. The van der Waals surface area contributed by atoms with Crippen molar-refractivity contribution in [1.29, 1.82) is 0 Å². The van der Waals surface area contributed by atoms with Crippen molar-refractivity contribution >= 4 is 16.8 Å². The number of amides is 1. The number of para-hydroxylation sites is 1. The Bertz CT molecular complexity index is 2060. The van der Waals surface area contributed by atoms with E-state index in [0.717, 1.165) is 57.8 Å². The van der Waals surface area contributed by atoms with Crippen LogP contribution >= 0.6 is 0 Å². The number of hydrogen-bond donors (Lipinski definition) is 4. The standard InChI is InChI=1S/C42H43N3O3.ClH/c1-45(26-28-11-12-28)22-20-41-25-36-34(32-9-5-6-10-35(32)44-36)24-42(41,48)37(45)23-31-17-18-33(39(46)38(31)41)40(47)43-21-19-27-13-15-30(16-14-27)29-7-3-2-4-8-29;/h2-10,13-18,28,37,44,48H,11-12,19-26H2,1H3,(H-,43,46,47);1H/t37?,41?,42-,45+;/m1./s1. The number of likely N-dealkylation sites (tertiary alicyclic amines) is 1. The molecule has 1 amide bonds. The van der Waals surface area contributed by atoms with E-state index in [4.69, 9.17) is 0 Å². The molecule has 49 heavy (non-hydrogen) atoms. The second-order valence-corrected chi connectivity index (χ2v) is 15.4. The van der Waals surface area contributed by atoms with Crippen LogP contribution in [0, 0.1) is 5.92 Å². The summed E-state index contributed by atoms with van der Waals surface area (Å²) in [5.41, 5.74) is 7.40. The van der Waals surface area contributed by atoms with E-state index in [1.165, 1.54) is 34.9 Å². The number of hydrogen-bond acceptors (Lipinski definition) is 3. The van der Waals surface area contributed by atoms with Gasteiger partial charge in [0.1, 0.15) is 17.4 Å². The Kier molecular flexibility index (Phi) is 7.71. The first-order chi connectivity index (χ1) is 23.3. The molecule has 2 unspecified atom stereocenters. The van der Waals surface area contributed by atoms with E-state index in [0.29, 0.717) is 37.8 Å². The van der Waals surface area contributed by atoms with Gasteiger partial charge in [-0.3, -0.25) is 4.79 Å². The average Bonchev–Trinajstić information content (AvgIpc) is 3.84. The second kappa shape index (κ2) is 11.8. The van der Waals surface area contributed by atoms with Crippen LogP contribution in [0.15, 0.2) is 91.0 Å². The zero-order chi connectivity index (χ0) is 32.7. The highest BCUT2D eigenvalue weighted by Crippen LogP contribution is 2.61. The van der Waals surface area contributed by atoms with Gasteiger partial charge in [0.2, 0.25) is 0 Å². The molecule has 1 aromatic heterocycles. The number of likely N-dealkylation sites (N-methyl/N-ethyl adjacent to an activating group) is 1. The van der Waals surface area contributed by atoms with E-state index in [-0.39, 0.29) is 30.1 Å². The third-order valence-corrected chi connectivity index (χ3v) is 12.5. The molecule has 9 rings (SSSR count). The first-order valence-electron chi connectivity index (χ1n) is 17.7. The highest BCUT2D eigenvalue weighted by Gasteiger charge is 2.70. The van der Waals surface area contributed by atoms with Crippen molar-refractivity contribution in [2.75, 3.05) is 26.7 Å². The molecule has 4 atom stereocenters. The average molecular weight is 674 g/mol. The molecule has 5 aromatic rings. The van der Waals surface area contributed by atoms with Gasteiger partial charge in [0, 0.05) is 65.7 Å². The zero-order valence-corrected chi connectivity index (χ0v) is 28.8. The van der Waals surface area contributed by atoms with Crippen molar-refractivity contribution in [1.82, 2.24) is 10.3 Å². The van der Waals surface area contributed by atoms with Crippen molar-refractivity contribution < 1.29 is 31.9 Å². The van der Waals surface area contributed by atoms with Crippen LogP contribution in [0.4, 0.5) is 0 Å². The normalized spacial score (nSPS) is 26.6. The van der Waals surface area contributed by atoms with E-state index in [1.54, 1.807) is 6.07 Å². The maximum atomic E-state index is 13.7. The number of halogens is 1. The van der Waals surface area contributed by atoms with Gasteiger partial charge in [-0.15, -0.1) is 0 Å². The van der Waals surface area contributed by atoms with E-state index in [2.05, 4.69) is 84.1 Å². The Balaban J connectivity index is 0.00000348. The molecule has 7 heteroatoms. The van der Waals surface area contributed by atoms with Crippen molar-refractivity contribution in [2.45, 2.75) is 62.0 Å². The van der Waals surface area contributed by atoms with E-state index >= 15 is 0 Å². The number of benzene rings is 4. The number of aliphatic hydroxyl groups is 1. The smallest absolute Gasteiger partial charge is 0.255 e. The van der Waals surface area contributed by atoms with Gasteiger partial charge in [0.25, 0.3) is 5.91 Å². The number of nitrogens with zero attached hydrogens (tertiary/aromatic N) is 1. The molecule has 2 heterocycles. The molecule has 2 bridgehead atoms. The topological polar surface area (TPSA) is 85.3 Å². The number of nitrogens with one attached hydrogen (secondary N) is 2. The van der Waals surface area contributed by atoms with Gasteiger partial charge in [-0.05, 0) is 59.2 Å². The monoisotopic (exact) mass is 673 g/mol.